The standard InChI is InChI=1S/C10H20.CH4/c1-3-10-6-4-5-9(2)7-8-10;/h9-10H,3-8H2,1-2H3;1H4. The van der Waals surface area contributed by atoms with Gasteiger partial charge in [0, 0.05) is 0 Å². The van der Waals surface area contributed by atoms with E-state index in [-0.39, 0.29) is 7.43 Å². The molecule has 0 amide bonds. The highest BCUT2D eigenvalue weighted by Gasteiger charge is 2.13. The molecular weight excluding hydrogens is 132 g/mol. The van der Waals surface area contributed by atoms with Crippen molar-refractivity contribution in [1.82, 2.24) is 0 Å². The second-order valence-electron chi connectivity index (χ2n) is 3.89. The maximum absolute atomic E-state index is 2.40. The third-order valence-corrected chi connectivity index (χ3v) is 2.95. The van der Waals surface area contributed by atoms with Gasteiger partial charge in [-0.2, -0.15) is 0 Å². The summed E-state index contributed by atoms with van der Waals surface area (Å²) >= 11 is 0. The molecule has 0 nitrogen and oxygen atoms in total. The largest absolute Gasteiger partial charge is 0.0776 e. The van der Waals surface area contributed by atoms with E-state index in [1.54, 1.807) is 0 Å². The fourth-order valence-electron chi connectivity index (χ4n) is 1.97. The molecule has 0 N–H and O–H groups in total. The number of hydrogen-bond donors (Lipinski definition) is 0. The van der Waals surface area contributed by atoms with Gasteiger partial charge in [0.05, 0.1) is 0 Å². The summed E-state index contributed by atoms with van der Waals surface area (Å²) in [6, 6.07) is 0. The molecule has 1 fully saturated rings. The van der Waals surface area contributed by atoms with Crippen LogP contribution in [-0.4, -0.2) is 0 Å². The zero-order valence-electron chi connectivity index (χ0n) is 7.40. The summed E-state index contributed by atoms with van der Waals surface area (Å²) in [5.41, 5.74) is 0. The predicted octanol–water partition coefficient (Wildman–Crippen LogP) is 4.25. The lowest BCUT2D eigenvalue weighted by atomic mass is 9.97. The van der Waals surface area contributed by atoms with Crippen molar-refractivity contribution in [2.24, 2.45) is 11.8 Å². The second-order valence-corrected chi connectivity index (χ2v) is 3.89. The van der Waals surface area contributed by atoms with Crippen LogP contribution in [0.1, 0.15) is 59.8 Å². The highest BCUT2D eigenvalue weighted by Crippen LogP contribution is 2.28. The number of rotatable bonds is 1. The van der Waals surface area contributed by atoms with Crippen molar-refractivity contribution in [3.8, 4) is 0 Å². The van der Waals surface area contributed by atoms with Gasteiger partial charge in [0.2, 0.25) is 0 Å². The minimum Gasteiger partial charge on any atom is -0.0776 e. The zero-order valence-corrected chi connectivity index (χ0v) is 7.40. The molecule has 0 bridgehead atoms. The molecular formula is C11H24. The summed E-state index contributed by atoms with van der Waals surface area (Å²) in [6.07, 6.45) is 8.86. The monoisotopic (exact) mass is 156 g/mol. The summed E-state index contributed by atoms with van der Waals surface area (Å²) in [5.74, 6) is 2.07. The van der Waals surface area contributed by atoms with E-state index in [0.717, 1.165) is 11.8 Å². The maximum atomic E-state index is 2.40. The molecule has 11 heavy (non-hydrogen) atoms. The topological polar surface area (TPSA) is 0 Å². The van der Waals surface area contributed by atoms with Gasteiger partial charge in [0.15, 0.2) is 0 Å². The molecule has 1 aliphatic carbocycles. The summed E-state index contributed by atoms with van der Waals surface area (Å²) in [7, 11) is 0. The molecule has 0 radical (unpaired) electrons. The van der Waals surface area contributed by atoms with Crippen LogP contribution in [0.5, 0.6) is 0 Å². The van der Waals surface area contributed by atoms with Crippen LogP contribution in [0, 0.1) is 11.8 Å². The molecule has 0 heteroatoms. The van der Waals surface area contributed by atoms with Crippen molar-refractivity contribution >= 4 is 0 Å². The minimum atomic E-state index is 0. The average Bonchev–Trinajstić information content (AvgIpc) is 2.14. The van der Waals surface area contributed by atoms with Crippen molar-refractivity contribution in [3.05, 3.63) is 0 Å². The molecule has 2 unspecified atom stereocenters. The second kappa shape index (κ2) is 5.62. The highest BCUT2D eigenvalue weighted by molar-refractivity contribution is 4.66. The van der Waals surface area contributed by atoms with E-state index in [9.17, 15) is 0 Å². The molecule has 1 rings (SSSR count). The van der Waals surface area contributed by atoms with Crippen molar-refractivity contribution in [1.29, 1.82) is 0 Å². The Kier molecular flexibility index (Phi) is 5.62. The summed E-state index contributed by atoms with van der Waals surface area (Å²) < 4.78 is 0. The van der Waals surface area contributed by atoms with Crippen LogP contribution in [-0.2, 0) is 0 Å². The molecule has 0 saturated heterocycles. The van der Waals surface area contributed by atoms with E-state index in [2.05, 4.69) is 13.8 Å². The zero-order chi connectivity index (χ0) is 7.40. The molecule has 0 spiro atoms. The molecule has 2 atom stereocenters. The van der Waals surface area contributed by atoms with Crippen LogP contribution in [0.3, 0.4) is 0 Å². The molecule has 1 aliphatic rings. The van der Waals surface area contributed by atoms with E-state index in [1.807, 2.05) is 0 Å². The lowest BCUT2D eigenvalue weighted by molar-refractivity contribution is 0.434. The molecule has 0 aromatic heterocycles. The highest BCUT2D eigenvalue weighted by atomic mass is 14.2. The molecule has 0 aliphatic heterocycles. The SMILES string of the molecule is C.CCC1CCCC(C)CC1. The fourth-order valence-corrected chi connectivity index (χ4v) is 1.97. The van der Waals surface area contributed by atoms with Gasteiger partial charge in [-0.25, -0.2) is 0 Å². The van der Waals surface area contributed by atoms with Gasteiger partial charge in [0.1, 0.15) is 0 Å². The quantitative estimate of drug-likeness (QED) is 0.498. The van der Waals surface area contributed by atoms with Gasteiger partial charge < -0.3 is 0 Å². The molecule has 0 aromatic rings. The van der Waals surface area contributed by atoms with Gasteiger partial charge in [-0.3, -0.25) is 0 Å². The predicted molar refractivity (Wildman–Crippen MR) is 52.8 cm³/mol. The van der Waals surface area contributed by atoms with E-state index in [0.29, 0.717) is 0 Å². The van der Waals surface area contributed by atoms with Crippen LogP contribution in [0.4, 0.5) is 0 Å². The first-order valence-corrected chi connectivity index (χ1v) is 4.83. The minimum absolute atomic E-state index is 0. The van der Waals surface area contributed by atoms with E-state index >= 15 is 0 Å². The van der Waals surface area contributed by atoms with Crippen molar-refractivity contribution < 1.29 is 0 Å². The van der Waals surface area contributed by atoms with Crippen molar-refractivity contribution in [3.63, 3.8) is 0 Å². The lowest BCUT2D eigenvalue weighted by Gasteiger charge is -2.09. The number of hydrogen-bond acceptors (Lipinski definition) is 0. The lowest BCUT2D eigenvalue weighted by Crippen LogP contribution is -1.95. The fraction of sp³-hybridized carbons (Fsp3) is 1.00. The van der Waals surface area contributed by atoms with Crippen molar-refractivity contribution in [2.45, 2.75) is 59.8 Å². The van der Waals surface area contributed by atoms with Crippen LogP contribution in [0.2, 0.25) is 0 Å². The van der Waals surface area contributed by atoms with Gasteiger partial charge in [-0.1, -0.05) is 59.8 Å². The van der Waals surface area contributed by atoms with Gasteiger partial charge in [-0.05, 0) is 11.8 Å². The first kappa shape index (κ1) is 11.0. The van der Waals surface area contributed by atoms with Crippen LogP contribution in [0.25, 0.3) is 0 Å². The van der Waals surface area contributed by atoms with Crippen molar-refractivity contribution in [2.75, 3.05) is 0 Å². The average molecular weight is 156 g/mol. The van der Waals surface area contributed by atoms with E-state index in [1.165, 1.54) is 38.5 Å². The first-order chi connectivity index (χ1) is 4.83. The van der Waals surface area contributed by atoms with Gasteiger partial charge in [-0.15, -0.1) is 0 Å². The maximum Gasteiger partial charge on any atom is -0.0417 e. The van der Waals surface area contributed by atoms with Gasteiger partial charge >= 0.3 is 0 Å². The third kappa shape index (κ3) is 3.79. The van der Waals surface area contributed by atoms with E-state index < -0.39 is 0 Å². The molecule has 0 heterocycles. The Balaban J connectivity index is 0.000001000. The van der Waals surface area contributed by atoms with Crippen LogP contribution >= 0.6 is 0 Å². The van der Waals surface area contributed by atoms with Crippen LogP contribution in [0.15, 0.2) is 0 Å². The smallest absolute Gasteiger partial charge is 0.0417 e. The third-order valence-electron chi connectivity index (χ3n) is 2.95. The molecule has 1 saturated carbocycles. The normalized spacial score (nSPS) is 32.2. The molecule has 68 valence electrons. The summed E-state index contributed by atoms with van der Waals surface area (Å²) in [5, 5.41) is 0. The Labute approximate surface area is 72.4 Å². The summed E-state index contributed by atoms with van der Waals surface area (Å²) in [4.78, 5) is 0. The Hall–Kier alpha value is 0. The molecule has 0 aromatic carbocycles. The Bertz CT molecular complexity index is 86.0. The Morgan fingerprint density at radius 2 is 1.82 bits per heavy atom. The van der Waals surface area contributed by atoms with Gasteiger partial charge in [0.25, 0.3) is 0 Å². The van der Waals surface area contributed by atoms with E-state index in [4.69, 9.17) is 0 Å². The Morgan fingerprint density at radius 1 is 1.09 bits per heavy atom. The summed E-state index contributed by atoms with van der Waals surface area (Å²) in [6.45, 7) is 4.73. The first-order valence-electron chi connectivity index (χ1n) is 4.83. The van der Waals surface area contributed by atoms with Crippen LogP contribution < -0.4 is 0 Å². The Morgan fingerprint density at radius 3 is 2.45 bits per heavy atom.